The zero-order chi connectivity index (χ0) is 18.9. The van der Waals surface area contributed by atoms with Crippen LogP contribution in [0.5, 0.6) is 0 Å². The predicted octanol–water partition coefficient (Wildman–Crippen LogP) is 0.743. The minimum absolute atomic E-state index is 0.166. The van der Waals surface area contributed by atoms with E-state index in [1.54, 1.807) is 4.57 Å². The summed E-state index contributed by atoms with van der Waals surface area (Å²) in [6.07, 6.45) is 2.68. The smallest absolute Gasteiger partial charge is 0.278 e. The molecular formula is C18H20N4O5. The minimum atomic E-state index is -1.08. The summed E-state index contributed by atoms with van der Waals surface area (Å²) in [5, 5.41) is 9.69. The molecule has 0 aliphatic carbocycles. The standard InChI is InChI=1S/C18H20N4O5/c1-25-27-14-7-13(9-23)26-18(14,8-12-5-3-2-4-6-12)22-11-21-15-16(22)19-10-20-17(15)24/h2-6,10-11,13-14,23H,7-9H2,1H3,(H,19,20,24)/t13-,14+,18+/m0/s1. The van der Waals surface area contributed by atoms with E-state index in [9.17, 15) is 9.90 Å². The average Bonchev–Trinajstić information content (AvgIpc) is 3.26. The van der Waals surface area contributed by atoms with Crippen LogP contribution in [0, 0.1) is 0 Å². The van der Waals surface area contributed by atoms with Gasteiger partial charge < -0.3 is 14.8 Å². The second-order valence-corrected chi connectivity index (χ2v) is 6.44. The number of nitrogens with one attached hydrogen (secondary N) is 1. The topological polar surface area (TPSA) is 111 Å². The molecular weight excluding hydrogens is 352 g/mol. The van der Waals surface area contributed by atoms with E-state index in [-0.39, 0.29) is 17.7 Å². The molecule has 2 aromatic heterocycles. The Balaban J connectivity index is 1.89. The van der Waals surface area contributed by atoms with Crippen LogP contribution in [0.15, 0.2) is 47.8 Å². The predicted molar refractivity (Wildman–Crippen MR) is 94.7 cm³/mol. The highest BCUT2D eigenvalue weighted by Crippen LogP contribution is 2.41. The van der Waals surface area contributed by atoms with E-state index < -0.39 is 17.9 Å². The van der Waals surface area contributed by atoms with Gasteiger partial charge in [0.1, 0.15) is 6.10 Å². The number of rotatable bonds is 6. The van der Waals surface area contributed by atoms with Crippen LogP contribution in [0.4, 0.5) is 0 Å². The van der Waals surface area contributed by atoms with Crippen LogP contribution in [0.2, 0.25) is 0 Å². The van der Waals surface area contributed by atoms with Crippen molar-refractivity contribution < 1.29 is 19.6 Å². The number of hydrogen-bond acceptors (Lipinski definition) is 7. The van der Waals surface area contributed by atoms with Gasteiger partial charge in [-0.2, -0.15) is 0 Å². The number of aliphatic hydroxyl groups is 1. The number of fused-ring (bicyclic) bond motifs is 1. The molecule has 1 aromatic carbocycles. The third-order valence-corrected chi connectivity index (χ3v) is 4.81. The highest BCUT2D eigenvalue weighted by molar-refractivity contribution is 5.69. The number of aliphatic hydroxyl groups excluding tert-OH is 1. The molecule has 0 unspecified atom stereocenters. The molecule has 9 nitrogen and oxygen atoms in total. The van der Waals surface area contributed by atoms with Crippen LogP contribution in [-0.2, 0) is 26.7 Å². The molecule has 0 saturated carbocycles. The van der Waals surface area contributed by atoms with Crippen molar-refractivity contribution in [3.05, 3.63) is 58.9 Å². The summed E-state index contributed by atoms with van der Waals surface area (Å²) in [6.45, 7) is -0.166. The third-order valence-electron chi connectivity index (χ3n) is 4.81. The number of ether oxygens (including phenoxy) is 1. The molecule has 1 aliphatic rings. The lowest BCUT2D eigenvalue weighted by Crippen LogP contribution is -2.46. The molecule has 1 saturated heterocycles. The van der Waals surface area contributed by atoms with Gasteiger partial charge in [-0.1, -0.05) is 30.3 Å². The summed E-state index contributed by atoms with van der Waals surface area (Å²) in [7, 11) is 1.43. The number of H-pyrrole nitrogens is 1. The first-order chi connectivity index (χ1) is 13.2. The fourth-order valence-electron chi connectivity index (χ4n) is 3.64. The Kier molecular flexibility index (Phi) is 4.75. The van der Waals surface area contributed by atoms with Gasteiger partial charge in [0.25, 0.3) is 5.56 Å². The van der Waals surface area contributed by atoms with Crippen LogP contribution < -0.4 is 5.56 Å². The Labute approximate surface area is 154 Å². The van der Waals surface area contributed by atoms with Crippen molar-refractivity contribution in [3.63, 3.8) is 0 Å². The van der Waals surface area contributed by atoms with E-state index in [0.717, 1.165) is 5.56 Å². The van der Waals surface area contributed by atoms with Gasteiger partial charge in [-0.25, -0.2) is 19.7 Å². The largest absolute Gasteiger partial charge is 0.394 e. The Morgan fingerprint density at radius 2 is 2.19 bits per heavy atom. The maximum Gasteiger partial charge on any atom is 0.278 e. The van der Waals surface area contributed by atoms with Gasteiger partial charge in [0.05, 0.1) is 32.5 Å². The van der Waals surface area contributed by atoms with E-state index in [1.807, 2.05) is 30.3 Å². The normalized spacial score (nSPS) is 25.3. The lowest BCUT2D eigenvalue weighted by Gasteiger charge is -2.35. The van der Waals surface area contributed by atoms with Crippen molar-refractivity contribution in [3.8, 4) is 0 Å². The van der Waals surface area contributed by atoms with Crippen LogP contribution in [-0.4, -0.2) is 50.6 Å². The van der Waals surface area contributed by atoms with Gasteiger partial charge >= 0.3 is 0 Å². The molecule has 0 amide bonds. The van der Waals surface area contributed by atoms with Gasteiger partial charge in [0.15, 0.2) is 16.9 Å². The number of benzene rings is 1. The number of hydrogen-bond donors (Lipinski definition) is 2. The van der Waals surface area contributed by atoms with Crippen LogP contribution in [0.25, 0.3) is 11.2 Å². The first-order valence-electron chi connectivity index (χ1n) is 8.61. The summed E-state index contributed by atoms with van der Waals surface area (Å²) in [6, 6.07) is 9.74. The number of nitrogens with zero attached hydrogens (tertiary/aromatic N) is 3. The zero-order valence-electron chi connectivity index (χ0n) is 14.7. The molecule has 9 heteroatoms. The fourth-order valence-corrected chi connectivity index (χ4v) is 3.64. The number of aromatic nitrogens is 4. The van der Waals surface area contributed by atoms with Crippen molar-refractivity contribution >= 4 is 11.2 Å². The van der Waals surface area contributed by atoms with Gasteiger partial charge in [0.2, 0.25) is 0 Å². The Bertz CT molecular complexity index is 973. The molecule has 142 valence electrons. The zero-order valence-corrected chi connectivity index (χ0v) is 14.7. The first-order valence-corrected chi connectivity index (χ1v) is 8.61. The molecule has 3 aromatic rings. The van der Waals surface area contributed by atoms with Gasteiger partial charge in [-0.15, -0.1) is 0 Å². The lowest BCUT2D eigenvalue weighted by atomic mass is 9.96. The SMILES string of the molecule is COO[C@@H]1C[C@@H](CO)O[C@@]1(Cc1ccccc1)n1cnc2c(=O)[nH]cnc21. The highest BCUT2D eigenvalue weighted by Gasteiger charge is 2.52. The second kappa shape index (κ2) is 7.20. The summed E-state index contributed by atoms with van der Waals surface area (Å²) in [5.41, 5.74) is 0.150. The number of imidazole rings is 1. The third kappa shape index (κ3) is 3.04. The maximum atomic E-state index is 12.1. The summed E-state index contributed by atoms with van der Waals surface area (Å²) in [5.74, 6) is 0. The van der Waals surface area contributed by atoms with Crippen LogP contribution in [0.1, 0.15) is 12.0 Å². The highest BCUT2D eigenvalue weighted by atomic mass is 17.2. The summed E-state index contributed by atoms with van der Waals surface area (Å²) >= 11 is 0. The molecule has 0 spiro atoms. The number of aromatic amines is 1. The Morgan fingerprint density at radius 3 is 2.93 bits per heavy atom. The van der Waals surface area contributed by atoms with E-state index in [4.69, 9.17) is 14.5 Å². The van der Waals surface area contributed by atoms with E-state index in [2.05, 4.69) is 15.0 Å². The molecule has 27 heavy (non-hydrogen) atoms. The van der Waals surface area contributed by atoms with Crippen LogP contribution in [0.3, 0.4) is 0 Å². The van der Waals surface area contributed by atoms with Gasteiger partial charge in [-0.3, -0.25) is 9.36 Å². The minimum Gasteiger partial charge on any atom is -0.394 e. The van der Waals surface area contributed by atoms with Crippen molar-refractivity contribution in [2.45, 2.75) is 30.8 Å². The van der Waals surface area contributed by atoms with Crippen molar-refractivity contribution in [1.29, 1.82) is 0 Å². The lowest BCUT2D eigenvalue weighted by molar-refractivity contribution is -0.336. The quantitative estimate of drug-likeness (QED) is 0.485. The maximum absolute atomic E-state index is 12.1. The fraction of sp³-hybridized carbons (Fsp3) is 0.389. The molecule has 3 heterocycles. The molecule has 4 rings (SSSR count). The second-order valence-electron chi connectivity index (χ2n) is 6.44. The first kappa shape index (κ1) is 17.8. The van der Waals surface area contributed by atoms with E-state index in [1.165, 1.54) is 19.8 Å². The Hall–Kier alpha value is -2.59. The molecule has 0 bridgehead atoms. The molecule has 1 aliphatic heterocycles. The van der Waals surface area contributed by atoms with E-state index in [0.29, 0.717) is 18.5 Å². The summed E-state index contributed by atoms with van der Waals surface area (Å²) < 4.78 is 7.97. The Morgan fingerprint density at radius 1 is 1.37 bits per heavy atom. The van der Waals surface area contributed by atoms with E-state index >= 15 is 0 Å². The molecule has 1 fully saturated rings. The van der Waals surface area contributed by atoms with Gasteiger partial charge in [0, 0.05) is 12.8 Å². The molecule has 2 N–H and O–H groups in total. The van der Waals surface area contributed by atoms with Crippen molar-refractivity contribution in [1.82, 2.24) is 19.5 Å². The average molecular weight is 372 g/mol. The van der Waals surface area contributed by atoms with Crippen molar-refractivity contribution in [2.75, 3.05) is 13.7 Å². The summed E-state index contributed by atoms with van der Waals surface area (Å²) in [4.78, 5) is 33.6. The molecule has 0 radical (unpaired) electrons. The van der Waals surface area contributed by atoms with Crippen molar-refractivity contribution in [2.24, 2.45) is 0 Å². The molecule has 3 atom stereocenters. The van der Waals surface area contributed by atoms with Gasteiger partial charge in [-0.05, 0) is 5.56 Å². The van der Waals surface area contributed by atoms with Crippen LogP contribution >= 0.6 is 0 Å². The monoisotopic (exact) mass is 372 g/mol.